The maximum Gasteiger partial charge on any atom is 0.243 e. The second kappa shape index (κ2) is 10.2. The van der Waals surface area contributed by atoms with Crippen molar-refractivity contribution in [2.75, 3.05) is 32.8 Å². The quantitative estimate of drug-likeness (QED) is 0.441. The Morgan fingerprint density at radius 1 is 1.03 bits per heavy atom. The fourth-order valence-electron chi connectivity index (χ4n) is 3.36. The van der Waals surface area contributed by atoms with Gasteiger partial charge in [-0.3, -0.25) is 9.59 Å². The lowest BCUT2D eigenvalue weighted by Gasteiger charge is -2.34. The summed E-state index contributed by atoms with van der Waals surface area (Å²) in [5, 5.41) is 0. The normalized spacial score (nSPS) is 14.9. The minimum absolute atomic E-state index is 0.0511. The third-order valence-electron chi connectivity index (χ3n) is 5.16. The Bertz CT molecular complexity index is 1100. The van der Waals surface area contributed by atoms with Crippen molar-refractivity contribution in [2.45, 2.75) is 24.7 Å². The van der Waals surface area contributed by atoms with E-state index in [0.717, 1.165) is 12.1 Å². The molecule has 2 aromatic rings. The number of carbonyl (C=O) groups excluding carboxylic acids is 2. The van der Waals surface area contributed by atoms with E-state index in [-0.39, 0.29) is 61.5 Å². The molecule has 0 atom stereocenters. The van der Waals surface area contributed by atoms with Crippen molar-refractivity contribution in [1.82, 2.24) is 9.21 Å². The number of hydrogen-bond donors (Lipinski definition) is 0. The number of rotatable bonds is 8. The summed E-state index contributed by atoms with van der Waals surface area (Å²) < 4.78 is 58.7. The first kappa shape index (κ1) is 23.8. The summed E-state index contributed by atoms with van der Waals surface area (Å²) in [6.07, 6.45) is 0.502. The standard InChI is InChI=1S/C22H24F2N2O5S/c1-16(27)17-4-2-5-19(14-17)32(29,30)26-11-9-25(10-12-26)22(28)6-3-13-31-21-8-7-18(23)15-20(21)24/h2,4-5,7-8,14-15H,3,6,9-13H2,1H3. The van der Waals surface area contributed by atoms with E-state index in [1.807, 2.05) is 0 Å². The largest absolute Gasteiger partial charge is 0.491 e. The third-order valence-corrected chi connectivity index (χ3v) is 7.05. The molecule has 1 aliphatic rings. The molecule has 1 heterocycles. The van der Waals surface area contributed by atoms with E-state index < -0.39 is 21.7 Å². The van der Waals surface area contributed by atoms with E-state index in [1.54, 1.807) is 11.0 Å². The highest BCUT2D eigenvalue weighted by molar-refractivity contribution is 7.89. The first-order valence-corrected chi connectivity index (χ1v) is 11.6. The molecule has 0 aromatic heterocycles. The van der Waals surface area contributed by atoms with Gasteiger partial charge in [0.15, 0.2) is 17.3 Å². The zero-order chi connectivity index (χ0) is 23.3. The molecule has 0 saturated carbocycles. The highest BCUT2D eigenvalue weighted by Crippen LogP contribution is 2.20. The van der Waals surface area contributed by atoms with Crippen LogP contribution in [0.1, 0.15) is 30.1 Å². The predicted molar refractivity (Wildman–Crippen MR) is 113 cm³/mol. The molecule has 7 nitrogen and oxygen atoms in total. The predicted octanol–water partition coefficient (Wildman–Crippen LogP) is 2.86. The molecule has 0 unspecified atom stereocenters. The number of amides is 1. The van der Waals surface area contributed by atoms with E-state index in [9.17, 15) is 26.8 Å². The van der Waals surface area contributed by atoms with E-state index in [2.05, 4.69) is 0 Å². The van der Waals surface area contributed by atoms with Crippen LogP contribution >= 0.6 is 0 Å². The van der Waals surface area contributed by atoms with Crippen LogP contribution in [0.15, 0.2) is 47.4 Å². The van der Waals surface area contributed by atoms with Gasteiger partial charge in [0, 0.05) is 44.2 Å². The van der Waals surface area contributed by atoms with Gasteiger partial charge in [-0.2, -0.15) is 4.31 Å². The summed E-state index contributed by atoms with van der Waals surface area (Å²) in [5.74, 6) is -1.95. The van der Waals surface area contributed by atoms with Crippen molar-refractivity contribution >= 4 is 21.7 Å². The van der Waals surface area contributed by atoms with Gasteiger partial charge in [0.05, 0.1) is 11.5 Å². The first-order chi connectivity index (χ1) is 15.2. The van der Waals surface area contributed by atoms with Crippen LogP contribution in [0.25, 0.3) is 0 Å². The van der Waals surface area contributed by atoms with Gasteiger partial charge in [0.25, 0.3) is 0 Å². The van der Waals surface area contributed by atoms with Crippen LogP contribution in [0.2, 0.25) is 0 Å². The Balaban J connectivity index is 1.48. The number of Topliss-reactive ketones (excluding diaryl/α,β-unsaturated/α-hetero) is 1. The van der Waals surface area contributed by atoms with Crippen LogP contribution in [0, 0.1) is 11.6 Å². The number of halogens is 2. The van der Waals surface area contributed by atoms with Crippen LogP contribution in [-0.4, -0.2) is 62.1 Å². The zero-order valence-electron chi connectivity index (χ0n) is 17.6. The molecular formula is C22H24F2N2O5S. The van der Waals surface area contributed by atoms with E-state index >= 15 is 0 Å². The molecule has 1 fully saturated rings. The SMILES string of the molecule is CC(=O)c1cccc(S(=O)(=O)N2CCN(C(=O)CCCOc3ccc(F)cc3F)CC2)c1. The highest BCUT2D eigenvalue weighted by Gasteiger charge is 2.30. The molecule has 32 heavy (non-hydrogen) atoms. The van der Waals surface area contributed by atoms with Crippen molar-refractivity contribution in [3.8, 4) is 5.75 Å². The van der Waals surface area contributed by atoms with Crippen molar-refractivity contribution < 1.29 is 31.5 Å². The summed E-state index contributed by atoms with van der Waals surface area (Å²) >= 11 is 0. The lowest BCUT2D eigenvalue weighted by molar-refractivity contribution is -0.132. The lowest BCUT2D eigenvalue weighted by atomic mass is 10.2. The topological polar surface area (TPSA) is 84.0 Å². The Hall–Kier alpha value is -2.85. The molecule has 0 N–H and O–H groups in total. The molecule has 3 rings (SSSR count). The number of hydrogen-bond acceptors (Lipinski definition) is 5. The molecule has 1 saturated heterocycles. The highest BCUT2D eigenvalue weighted by atomic mass is 32.2. The van der Waals surface area contributed by atoms with Crippen molar-refractivity contribution in [3.05, 3.63) is 59.7 Å². The number of sulfonamides is 1. The monoisotopic (exact) mass is 466 g/mol. The maximum absolute atomic E-state index is 13.5. The summed E-state index contributed by atoms with van der Waals surface area (Å²) in [6, 6.07) is 8.91. The Morgan fingerprint density at radius 3 is 2.41 bits per heavy atom. The maximum atomic E-state index is 13.5. The second-order valence-electron chi connectivity index (χ2n) is 7.40. The number of ether oxygens (including phenoxy) is 1. The van der Waals surface area contributed by atoms with Crippen LogP contribution in [0.4, 0.5) is 8.78 Å². The van der Waals surface area contributed by atoms with Gasteiger partial charge in [0.1, 0.15) is 5.82 Å². The van der Waals surface area contributed by atoms with Crippen LogP contribution < -0.4 is 4.74 Å². The minimum atomic E-state index is -3.76. The van der Waals surface area contributed by atoms with Gasteiger partial charge in [-0.25, -0.2) is 17.2 Å². The number of carbonyl (C=O) groups is 2. The molecule has 0 aliphatic carbocycles. The third kappa shape index (κ3) is 5.68. The average Bonchev–Trinajstić information content (AvgIpc) is 2.78. The molecule has 0 radical (unpaired) electrons. The van der Waals surface area contributed by atoms with Gasteiger partial charge in [0.2, 0.25) is 15.9 Å². The molecule has 0 spiro atoms. The van der Waals surface area contributed by atoms with E-state index in [0.29, 0.717) is 12.0 Å². The summed E-state index contributed by atoms with van der Waals surface area (Å²) in [7, 11) is -3.76. The summed E-state index contributed by atoms with van der Waals surface area (Å²) in [6.45, 7) is 2.26. The number of ketones is 1. The second-order valence-corrected chi connectivity index (χ2v) is 9.33. The van der Waals surface area contributed by atoms with Gasteiger partial charge < -0.3 is 9.64 Å². The Labute approximate surface area is 185 Å². The number of benzene rings is 2. The van der Waals surface area contributed by atoms with E-state index in [1.165, 1.54) is 35.5 Å². The molecule has 10 heteroatoms. The van der Waals surface area contributed by atoms with Crippen LogP contribution in [0.5, 0.6) is 5.75 Å². The minimum Gasteiger partial charge on any atom is -0.491 e. The molecule has 172 valence electrons. The first-order valence-electron chi connectivity index (χ1n) is 10.2. The van der Waals surface area contributed by atoms with Gasteiger partial charge >= 0.3 is 0 Å². The molecule has 0 bridgehead atoms. The fraction of sp³-hybridized carbons (Fsp3) is 0.364. The van der Waals surface area contributed by atoms with Crippen LogP contribution in [0.3, 0.4) is 0 Å². The summed E-state index contributed by atoms with van der Waals surface area (Å²) in [5.41, 5.74) is 0.322. The van der Waals surface area contributed by atoms with Crippen molar-refractivity contribution in [2.24, 2.45) is 0 Å². The van der Waals surface area contributed by atoms with Gasteiger partial charge in [-0.05, 0) is 37.6 Å². The van der Waals surface area contributed by atoms with Crippen molar-refractivity contribution in [1.29, 1.82) is 0 Å². The molecule has 1 amide bonds. The Morgan fingerprint density at radius 2 is 1.75 bits per heavy atom. The van der Waals surface area contributed by atoms with Gasteiger partial charge in [-0.15, -0.1) is 0 Å². The summed E-state index contributed by atoms with van der Waals surface area (Å²) in [4.78, 5) is 25.6. The van der Waals surface area contributed by atoms with Crippen LogP contribution in [-0.2, 0) is 14.8 Å². The molecular weight excluding hydrogens is 442 g/mol. The molecule has 1 aliphatic heterocycles. The molecule has 2 aromatic carbocycles. The smallest absolute Gasteiger partial charge is 0.243 e. The lowest BCUT2D eigenvalue weighted by Crippen LogP contribution is -2.50. The van der Waals surface area contributed by atoms with Gasteiger partial charge in [-0.1, -0.05) is 12.1 Å². The average molecular weight is 467 g/mol. The number of piperazine rings is 1. The van der Waals surface area contributed by atoms with E-state index in [4.69, 9.17) is 4.74 Å². The fourth-order valence-corrected chi connectivity index (χ4v) is 4.83. The zero-order valence-corrected chi connectivity index (χ0v) is 18.4. The van der Waals surface area contributed by atoms with Crippen molar-refractivity contribution in [3.63, 3.8) is 0 Å². The number of nitrogens with zero attached hydrogens (tertiary/aromatic N) is 2. The Kier molecular flexibility index (Phi) is 7.57.